The van der Waals surface area contributed by atoms with Crippen molar-refractivity contribution in [2.24, 2.45) is 0 Å². The van der Waals surface area contributed by atoms with E-state index in [0.29, 0.717) is 17.5 Å². The first-order valence-electron chi connectivity index (χ1n) is 8.03. The van der Waals surface area contributed by atoms with Crippen molar-refractivity contribution in [1.29, 1.82) is 0 Å². The zero-order valence-electron chi connectivity index (χ0n) is 13.6. The smallest absolute Gasteiger partial charge is 0.261 e. The average Bonchev–Trinajstić information content (AvgIpc) is 2.87. The molecule has 6 heteroatoms. The molecule has 0 spiro atoms. The summed E-state index contributed by atoms with van der Waals surface area (Å²) >= 11 is 0. The average molecular weight is 337 g/mol. The van der Waals surface area contributed by atoms with Gasteiger partial charge in [0.05, 0.1) is 11.1 Å². The van der Waals surface area contributed by atoms with Gasteiger partial charge in [-0.25, -0.2) is 0 Å². The Morgan fingerprint density at radius 2 is 1.48 bits per heavy atom. The second-order valence-electron chi connectivity index (χ2n) is 5.83. The number of imide groups is 1. The van der Waals surface area contributed by atoms with Gasteiger partial charge in [0, 0.05) is 19.6 Å². The molecule has 0 aromatic heterocycles. The quantitative estimate of drug-likeness (QED) is 0.749. The van der Waals surface area contributed by atoms with Gasteiger partial charge in [0.15, 0.2) is 0 Å². The summed E-state index contributed by atoms with van der Waals surface area (Å²) in [5.41, 5.74) is 1.65. The fraction of sp³-hybridized carbons (Fsp3) is 0.211. The van der Waals surface area contributed by atoms with Crippen molar-refractivity contribution in [3.8, 4) is 0 Å². The Labute approximate surface area is 145 Å². The van der Waals surface area contributed by atoms with Gasteiger partial charge in [-0.1, -0.05) is 42.5 Å². The molecule has 1 aliphatic rings. The number of hydrogen-bond acceptors (Lipinski definition) is 4. The topological polar surface area (TPSA) is 80.8 Å². The molecule has 0 aliphatic carbocycles. The molecular weight excluding hydrogens is 320 g/mol. The molecule has 1 aliphatic heterocycles. The van der Waals surface area contributed by atoms with E-state index in [0.717, 1.165) is 5.56 Å². The van der Waals surface area contributed by atoms with Gasteiger partial charge in [-0.3, -0.25) is 14.5 Å². The molecule has 3 amide bonds. The van der Waals surface area contributed by atoms with Crippen LogP contribution in [0, 0.1) is 0 Å². The molecule has 6 nitrogen and oxygen atoms in total. The third-order valence-electron chi connectivity index (χ3n) is 4.16. The van der Waals surface area contributed by atoms with Crippen molar-refractivity contribution >= 4 is 17.9 Å². The maximum absolute atomic E-state index is 12.3. The van der Waals surface area contributed by atoms with Crippen molar-refractivity contribution in [3.63, 3.8) is 0 Å². The van der Waals surface area contributed by atoms with Crippen LogP contribution in [0.2, 0.25) is 0 Å². The van der Waals surface area contributed by atoms with Crippen LogP contribution < -0.4 is 5.11 Å². The van der Waals surface area contributed by atoms with Crippen LogP contribution in [0.3, 0.4) is 0 Å². The van der Waals surface area contributed by atoms with E-state index >= 15 is 0 Å². The van der Waals surface area contributed by atoms with Crippen molar-refractivity contribution in [1.82, 2.24) is 9.80 Å². The van der Waals surface area contributed by atoms with Gasteiger partial charge in [0.25, 0.3) is 11.8 Å². The highest BCUT2D eigenvalue weighted by atomic mass is 16.4. The molecule has 0 bridgehead atoms. The van der Waals surface area contributed by atoms with Gasteiger partial charge >= 0.3 is 0 Å². The van der Waals surface area contributed by atoms with Crippen LogP contribution in [0.4, 0.5) is 4.79 Å². The lowest BCUT2D eigenvalue weighted by atomic mass is 10.1. The summed E-state index contributed by atoms with van der Waals surface area (Å²) < 4.78 is 0. The lowest BCUT2D eigenvalue weighted by Crippen LogP contribution is -2.42. The molecule has 25 heavy (non-hydrogen) atoms. The molecule has 0 unspecified atom stereocenters. The van der Waals surface area contributed by atoms with E-state index in [1.807, 2.05) is 30.3 Å². The van der Waals surface area contributed by atoms with Crippen molar-refractivity contribution in [2.75, 3.05) is 13.1 Å². The largest absolute Gasteiger partial charge is 0.530 e. The Hall–Kier alpha value is -3.15. The number of hydrogen-bond donors (Lipinski definition) is 0. The molecule has 0 radical (unpaired) electrons. The first-order chi connectivity index (χ1) is 12.1. The van der Waals surface area contributed by atoms with Gasteiger partial charge in [-0.15, -0.1) is 0 Å². The van der Waals surface area contributed by atoms with Crippen LogP contribution >= 0.6 is 0 Å². The Kier molecular flexibility index (Phi) is 4.79. The minimum atomic E-state index is -1.27. The highest BCUT2D eigenvalue weighted by Gasteiger charge is 2.34. The molecule has 1 heterocycles. The van der Waals surface area contributed by atoms with E-state index < -0.39 is 6.09 Å². The lowest BCUT2D eigenvalue weighted by Gasteiger charge is -2.26. The molecule has 0 saturated carbocycles. The number of nitrogens with zero attached hydrogens (tertiary/aromatic N) is 2. The maximum atomic E-state index is 12.3. The van der Waals surface area contributed by atoms with Crippen LogP contribution in [-0.2, 0) is 6.54 Å². The van der Waals surface area contributed by atoms with E-state index in [4.69, 9.17) is 0 Å². The van der Waals surface area contributed by atoms with Crippen LogP contribution in [0.1, 0.15) is 32.7 Å². The number of fused-ring (bicyclic) bond motifs is 1. The van der Waals surface area contributed by atoms with Crippen molar-refractivity contribution in [3.05, 3.63) is 71.3 Å². The van der Waals surface area contributed by atoms with E-state index in [-0.39, 0.29) is 31.4 Å². The van der Waals surface area contributed by atoms with E-state index in [1.165, 1.54) is 9.80 Å². The van der Waals surface area contributed by atoms with Crippen molar-refractivity contribution in [2.45, 2.75) is 13.0 Å². The highest BCUT2D eigenvalue weighted by Crippen LogP contribution is 2.22. The fourth-order valence-electron chi connectivity index (χ4n) is 2.90. The predicted octanol–water partition coefficient (Wildman–Crippen LogP) is 1.52. The normalized spacial score (nSPS) is 13.0. The summed E-state index contributed by atoms with van der Waals surface area (Å²) in [4.78, 5) is 38.2. The Balaban J connectivity index is 1.59. The summed E-state index contributed by atoms with van der Waals surface area (Å²) in [6, 6.07) is 15.9. The standard InChI is InChI=1S/C19H18N2O4/c22-17-15-9-4-5-10-16(15)18(23)21(17)12-6-11-20(19(24)25)13-14-7-2-1-3-8-14/h1-5,7-10H,6,11-13H2,(H,24,25)/p-1. The fourth-order valence-corrected chi connectivity index (χ4v) is 2.90. The van der Waals surface area contributed by atoms with Gasteiger partial charge in [0.2, 0.25) is 0 Å². The second kappa shape index (κ2) is 7.17. The zero-order chi connectivity index (χ0) is 17.8. The molecule has 2 aromatic carbocycles. The van der Waals surface area contributed by atoms with Gasteiger partial charge in [-0.2, -0.15) is 0 Å². The van der Waals surface area contributed by atoms with Gasteiger partial charge < -0.3 is 14.8 Å². The third kappa shape index (κ3) is 3.52. The first kappa shape index (κ1) is 16.7. The Morgan fingerprint density at radius 1 is 0.920 bits per heavy atom. The SMILES string of the molecule is O=C([O-])N(CCCN1C(=O)c2ccccc2C1=O)Cc1ccccc1. The number of benzene rings is 2. The van der Waals surface area contributed by atoms with E-state index in [9.17, 15) is 19.5 Å². The lowest BCUT2D eigenvalue weighted by molar-refractivity contribution is -0.266. The molecular formula is C19H17N2O4-. The molecule has 128 valence electrons. The molecule has 2 aromatic rings. The summed E-state index contributed by atoms with van der Waals surface area (Å²) in [6.45, 7) is 0.570. The number of carbonyl (C=O) groups excluding carboxylic acids is 3. The summed E-state index contributed by atoms with van der Waals surface area (Å²) in [7, 11) is 0. The first-order valence-corrected chi connectivity index (χ1v) is 8.03. The van der Waals surface area contributed by atoms with Crippen LogP contribution in [0.25, 0.3) is 0 Å². The second-order valence-corrected chi connectivity index (χ2v) is 5.83. The van der Waals surface area contributed by atoms with Crippen molar-refractivity contribution < 1.29 is 19.5 Å². The van der Waals surface area contributed by atoms with Gasteiger partial charge in [-0.05, 0) is 24.1 Å². The summed E-state index contributed by atoms with van der Waals surface area (Å²) in [5.74, 6) is -0.660. The van der Waals surface area contributed by atoms with Gasteiger partial charge in [0.1, 0.15) is 6.09 Å². The van der Waals surface area contributed by atoms with Crippen LogP contribution in [0.15, 0.2) is 54.6 Å². The van der Waals surface area contributed by atoms with Crippen LogP contribution in [-0.4, -0.2) is 40.8 Å². The minimum Gasteiger partial charge on any atom is -0.530 e. The molecule has 0 fully saturated rings. The summed E-state index contributed by atoms with van der Waals surface area (Å²) in [5, 5.41) is 11.3. The molecule has 3 rings (SSSR count). The number of rotatable bonds is 6. The number of amides is 3. The van der Waals surface area contributed by atoms with Crippen LogP contribution in [0.5, 0.6) is 0 Å². The molecule has 0 atom stereocenters. The Morgan fingerprint density at radius 3 is 2.04 bits per heavy atom. The van der Waals surface area contributed by atoms with E-state index in [1.54, 1.807) is 24.3 Å². The monoisotopic (exact) mass is 337 g/mol. The number of carboxylic acid groups (broad SMARTS) is 1. The maximum Gasteiger partial charge on any atom is 0.261 e. The van der Waals surface area contributed by atoms with E-state index in [2.05, 4.69) is 0 Å². The Bertz CT molecular complexity index is 769. The summed E-state index contributed by atoms with van der Waals surface area (Å²) in [6.07, 6.45) is -0.919. The highest BCUT2D eigenvalue weighted by molar-refractivity contribution is 6.21. The molecule has 0 saturated heterocycles. The zero-order valence-corrected chi connectivity index (χ0v) is 13.6. The minimum absolute atomic E-state index is 0.172. The predicted molar refractivity (Wildman–Crippen MR) is 88.7 cm³/mol. The third-order valence-corrected chi connectivity index (χ3v) is 4.16. The number of carbonyl (C=O) groups is 3. The molecule has 0 N–H and O–H groups in total.